The smallest absolute Gasteiger partial charge is 0.288 e. The number of carbonyl (C=O) groups is 4. The van der Waals surface area contributed by atoms with Gasteiger partial charge in [-0.15, -0.1) is 0 Å². The van der Waals surface area contributed by atoms with Gasteiger partial charge in [-0.25, -0.2) is 5.06 Å². The Morgan fingerprint density at radius 3 is 2.21 bits per heavy atom. The maximum Gasteiger partial charge on any atom is 0.288 e. The van der Waals surface area contributed by atoms with E-state index in [4.69, 9.17) is 9.15 Å². The molecule has 2 unspecified atom stereocenters. The molecule has 0 aliphatic carbocycles. The van der Waals surface area contributed by atoms with Gasteiger partial charge in [0.25, 0.3) is 5.91 Å². The average molecular weight is 546 g/mol. The van der Waals surface area contributed by atoms with Gasteiger partial charge in [0.1, 0.15) is 12.0 Å². The fourth-order valence-electron chi connectivity index (χ4n) is 3.62. The molecule has 10 nitrogen and oxygen atoms in total. The molecule has 0 saturated carbocycles. The Labute approximate surface area is 231 Å². The minimum absolute atomic E-state index is 0.0417. The van der Waals surface area contributed by atoms with Crippen LogP contribution in [0.2, 0.25) is 0 Å². The maximum absolute atomic E-state index is 12.8. The quantitative estimate of drug-likeness (QED) is 0.102. The van der Waals surface area contributed by atoms with Crippen molar-refractivity contribution < 1.29 is 33.5 Å². The normalized spacial score (nSPS) is 12.4. The summed E-state index contributed by atoms with van der Waals surface area (Å²) in [5, 5.41) is 15.6. The van der Waals surface area contributed by atoms with Crippen molar-refractivity contribution in [2.24, 2.45) is 5.92 Å². The lowest BCUT2D eigenvalue weighted by Gasteiger charge is -2.29. The molecule has 0 spiro atoms. The SMILES string of the molecule is CCCCCC(C(=O)NCNC(=O)c1ccc(-c2ccc(C=O)cc2)o1)C(CC)N(O)C=O.COC(C)(C)C. The number of rotatable bonds is 14. The number of ether oxygens (including phenoxy) is 1. The van der Waals surface area contributed by atoms with E-state index in [0.717, 1.165) is 31.1 Å². The summed E-state index contributed by atoms with van der Waals surface area (Å²) in [4.78, 5) is 46.9. The van der Waals surface area contributed by atoms with E-state index in [1.807, 2.05) is 27.7 Å². The van der Waals surface area contributed by atoms with Crippen molar-refractivity contribution in [2.75, 3.05) is 13.8 Å². The summed E-state index contributed by atoms with van der Waals surface area (Å²) in [6.45, 7) is 9.77. The van der Waals surface area contributed by atoms with Crippen molar-refractivity contribution in [3.63, 3.8) is 0 Å². The molecule has 0 bridgehead atoms. The van der Waals surface area contributed by atoms with Crippen LogP contribution in [0, 0.1) is 5.92 Å². The number of aldehydes is 1. The molecule has 1 aromatic heterocycles. The van der Waals surface area contributed by atoms with E-state index in [2.05, 4.69) is 10.6 Å². The number of hydroxylamine groups is 2. The zero-order valence-electron chi connectivity index (χ0n) is 23.9. The van der Waals surface area contributed by atoms with Gasteiger partial charge in [0.15, 0.2) is 5.76 Å². The van der Waals surface area contributed by atoms with Gasteiger partial charge < -0.3 is 19.8 Å². The zero-order chi connectivity index (χ0) is 29.4. The molecule has 2 rings (SSSR count). The number of hydrogen-bond acceptors (Lipinski definition) is 7. The van der Waals surface area contributed by atoms with E-state index >= 15 is 0 Å². The second-order valence-corrected chi connectivity index (χ2v) is 10.0. The van der Waals surface area contributed by atoms with Gasteiger partial charge in [-0.1, -0.05) is 57.4 Å². The van der Waals surface area contributed by atoms with Crippen molar-refractivity contribution in [3.8, 4) is 11.3 Å². The third-order valence-corrected chi connectivity index (χ3v) is 6.07. The number of unbranched alkanes of at least 4 members (excludes halogenated alkanes) is 2. The second kappa shape index (κ2) is 17.2. The first-order valence-corrected chi connectivity index (χ1v) is 13.2. The topological polar surface area (TPSA) is 138 Å². The summed E-state index contributed by atoms with van der Waals surface area (Å²) >= 11 is 0. The molecule has 0 saturated heterocycles. The molecule has 39 heavy (non-hydrogen) atoms. The third kappa shape index (κ3) is 11.8. The van der Waals surface area contributed by atoms with Crippen LogP contribution in [0.1, 0.15) is 87.6 Å². The molecule has 10 heteroatoms. The van der Waals surface area contributed by atoms with E-state index in [-0.39, 0.29) is 23.9 Å². The summed E-state index contributed by atoms with van der Waals surface area (Å²) in [5.74, 6) is -0.905. The molecule has 2 aromatic rings. The predicted molar refractivity (Wildman–Crippen MR) is 148 cm³/mol. The van der Waals surface area contributed by atoms with Crippen LogP contribution < -0.4 is 10.6 Å². The number of nitrogens with zero attached hydrogens (tertiary/aromatic N) is 1. The number of carbonyl (C=O) groups excluding carboxylic acids is 4. The Morgan fingerprint density at radius 2 is 1.69 bits per heavy atom. The molecule has 216 valence electrons. The number of hydrogen-bond donors (Lipinski definition) is 3. The van der Waals surface area contributed by atoms with Crippen LogP contribution in [0.15, 0.2) is 40.8 Å². The Morgan fingerprint density at radius 1 is 1.05 bits per heavy atom. The van der Waals surface area contributed by atoms with Crippen LogP contribution in [-0.4, -0.2) is 60.2 Å². The van der Waals surface area contributed by atoms with E-state index in [0.29, 0.717) is 35.6 Å². The lowest BCUT2D eigenvalue weighted by Crippen LogP contribution is -2.47. The minimum atomic E-state index is -0.645. The summed E-state index contributed by atoms with van der Waals surface area (Å²) < 4.78 is 10.5. The standard InChI is InChI=1S/C24H31N3O6.C5H12O/c1-3-5-6-7-19(20(4-2)27(32)16-29)23(30)25-15-26-24(31)22-13-12-21(33-22)18-10-8-17(14-28)9-11-18;1-5(2,3)6-4/h8-14,16,19-20,32H,3-7,15H2,1-2H3,(H,25,30)(H,26,31);1-4H3. The highest BCUT2D eigenvalue weighted by Gasteiger charge is 2.30. The monoisotopic (exact) mass is 545 g/mol. The fraction of sp³-hybridized carbons (Fsp3) is 0.517. The number of amides is 3. The second-order valence-electron chi connectivity index (χ2n) is 10.0. The average Bonchev–Trinajstić information content (AvgIpc) is 3.43. The summed E-state index contributed by atoms with van der Waals surface area (Å²) in [6.07, 6.45) is 4.67. The summed E-state index contributed by atoms with van der Waals surface area (Å²) in [7, 11) is 1.71. The molecular formula is C29H43N3O7. The van der Waals surface area contributed by atoms with E-state index in [1.165, 1.54) is 6.07 Å². The number of methoxy groups -OCH3 is 1. The van der Waals surface area contributed by atoms with Crippen molar-refractivity contribution in [1.29, 1.82) is 0 Å². The minimum Gasteiger partial charge on any atom is -0.451 e. The van der Waals surface area contributed by atoms with Crippen LogP contribution in [-0.2, 0) is 14.3 Å². The number of furan rings is 1. The van der Waals surface area contributed by atoms with Gasteiger partial charge in [0, 0.05) is 18.2 Å². The lowest BCUT2D eigenvalue weighted by atomic mass is 9.90. The summed E-state index contributed by atoms with van der Waals surface area (Å²) in [5.41, 5.74) is 1.30. The molecule has 0 aliphatic rings. The van der Waals surface area contributed by atoms with Crippen LogP contribution >= 0.6 is 0 Å². The van der Waals surface area contributed by atoms with Gasteiger partial charge in [0.05, 0.1) is 24.2 Å². The molecule has 0 fully saturated rings. The van der Waals surface area contributed by atoms with Gasteiger partial charge in [-0.3, -0.25) is 24.4 Å². The van der Waals surface area contributed by atoms with Crippen LogP contribution in [0.25, 0.3) is 11.3 Å². The van der Waals surface area contributed by atoms with Crippen LogP contribution in [0.5, 0.6) is 0 Å². The first-order valence-electron chi connectivity index (χ1n) is 13.2. The van der Waals surface area contributed by atoms with E-state index in [9.17, 15) is 24.4 Å². The number of benzene rings is 1. The van der Waals surface area contributed by atoms with E-state index < -0.39 is 17.9 Å². The van der Waals surface area contributed by atoms with Crippen molar-refractivity contribution in [3.05, 3.63) is 47.7 Å². The fourth-order valence-corrected chi connectivity index (χ4v) is 3.62. The number of nitrogens with one attached hydrogen (secondary N) is 2. The Kier molecular flexibility index (Phi) is 14.8. The van der Waals surface area contributed by atoms with Crippen molar-refractivity contribution in [2.45, 2.75) is 78.4 Å². The first-order chi connectivity index (χ1) is 18.5. The van der Waals surface area contributed by atoms with E-state index in [1.54, 1.807) is 44.4 Å². The zero-order valence-corrected chi connectivity index (χ0v) is 23.9. The molecular weight excluding hydrogens is 502 g/mol. The highest BCUT2D eigenvalue weighted by molar-refractivity contribution is 5.92. The van der Waals surface area contributed by atoms with Gasteiger partial charge in [-0.05, 0) is 45.7 Å². The van der Waals surface area contributed by atoms with Gasteiger partial charge in [0.2, 0.25) is 12.3 Å². The van der Waals surface area contributed by atoms with Gasteiger partial charge in [-0.2, -0.15) is 0 Å². The maximum atomic E-state index is 12.8. The first kappa shape index (κ1) is 33.5. The highest BCUT2D eigenvalue weighted by atomic mass is 16.5. The highest BCUT2D eigenvalue weighted by Crippen LogP contribution is 2.23. The van der Waals surface area contributed by atoms with Crippen molar-refractivity contribution in [1.82, 2.24) is 15.7 Å². The molecule has 1 aromatic carbocycles. The van der Waals surface area contributed by atoms with Crippen LogP contribution in [0.3, 0.4) is 0 Å². The molecule has 1 heterocycles. The largest absolute Gasteiger partial charge is 0.451 e. The molecule has 3 N–H and O–H groups in total. The molecule has 0 radical (unpaired) electrons. The third-order valence-electron chi connectivity index (χ3n) is 6.07. The van der Waals surface area contributed by atoms with Crippen LogP contribution in [0.4, 0.5) is 0 Å². The summed E-state index contributed by atoms with van der Waals surface area (Å²) in [6, 6.07) is 9.27. The Bertz CT molecular complexity index is 1030. The lowest BCUT2D eigenvalue weighted by molar-refractivity contribution is -0.168. The molecule has 3 amide bonds. The Hall–Kier alpha value is -3.50. The van der Waals surface area contributed by atoms with Crippen molar-refractivity contribution >= 4 is 24.5 Å². The molecule has 2 atom stereocenters. The van der Waals surface area contributed by atoms with Gasteiger partial charge >= 0.3 is 0 Å². The Balaban J connectivity index is 0.00000113. The predicted octanol–water partition coefficient (Wildman–Crippen LogP) is 4.82. The molecule has 0 aliphatic heterocycles.